The van der Waals surface area contributed by atoms with Crippen LogP contribution in [0.15, 0.2) is 24.3 Å². The molecule has 2 N–H and O–H groups in total. The van der Waals surface area contributed by atoms with E-state index in [4.69, 9.17) is 9.84 Å². The Morgan fingerprint density at radius 1 is 1.25 bits per heavy atom. The maximum absolute atomic E-state index is 12.0. The first-order chi connectivity index (χ1) is 11.4. The van der Waals surface area contributed by atoms with Gasteiger partial charge in [0.05, 0.1) is 24.3 Å². The normalized spacial score (nSPS) is 10.2. The molecule has 0 fully saturated rings. The van der Waals surface area contributed by atoms with E-state index in [0.29, 0.717) is 28.6 Å². The minimum absolute atomic E-state index is 0.0155. The van der Waals surface area contributed by atoms with Crippen molar-refractivity contribution in [2.24, 2.45) is 0 Å². The summed E-state index contributed by atoms with van der Waals surface area (Å²) in [4.78, 5) is 38.8. The average molecular weight is 348 g/mol. The molecule has 2 aromatic rings. The van der Waals surface area contributed by atoms with Gasteiger partial charge in [0.25, 0.3) is 0 Å². The molecule has 24 heavy (non-hydrogen) atoms. The van der Waals surface area contributed by atoms with Crippen molar-refractivity contribution in [3.05, 3.63) is 45.4 Å². The van der Waals surface area contributed by atoms with Crippen molar-refractivity contribution >= 4 is 34.9 Å². The highest BCUT2D eigenvalue weighted by molar-refractivity contribution is 7.13. The molecule has 0 aliphatic rings. The van der Waals surface area contributed by atoms with Crippen LogP contribution in [-0.2, 0) is 16.0 Å². The zero-order valence-electron chi connectivity index (χ0n) is 13.2. The van der Waals surface area contributed by atoms with Crippen molar-refractivity contribution < 1.29 is 24.2 Å². The van der Waals surface area contributed by atoms with Gasteiger partial charge in [0.15, 0.2) is 0 Å². The number of hydrogen-bond acceptors (Lipinski definition) is 6. The molecule has 1 aromatic carbocycles. The number of carboxylic acids is 1. The first-order valence-electron chi connectivity index (χ1n) is 7.17. The van der Waals surface area contributed by atoms with Gasteiger partial charge in [0.1, 0.15) is 9.88 Å². The zero-order valence-corrected chi connectivity index (χ0v) is 14.0. The summed E-state index contributed by atoms with van der Waals surface area (Å²) in [5.41, 5.74) is 1.32. The van der Waals surface area contributed by atoms with Crippen LogP contribution in [0.2, 0.25) is 0 Å². The summed E-state index contributed by atoms with van der Waals surface area (Å²) in [5.74, 6) is -1.79. The van der Waals surface area contributed by atoms with E-state index < -0.39 is 11.9 Å². The topological polar surface area (TPSA) is 106 Å². The van der Waals surface area contributed by atoms with Crippen LogP contribution in [-0.4, -0.2) is 34.5 Å². The van der Waals surface area contributed by atoms with Crippen molar-refractivity contribution in [3.8, 4) is 0 Å². The molecule has 0 saturated carbocycles. The number of aromatic carboxylic acids is 1. The fourth-order valence-corrected chi connectivity index (χ4v) is 2.88. The molecule has 126 valence electrons. The third kappa shape index (κ3) is 4.39. The highest BCUT2D eigenvalue weighted by Crippen LogP contribution is 2.19. The Labute approximate surface area is 142 Å². The summed E-state index contributed by atoms with van der Waals surface area (Å²) in [6.45, 7) is 3.61. The van der Waals surface area contributed by atoms with Crippen molar-refractivity contribution in [2.75, 3.05) is 11.9 Å². The summed E-state index contributed by atoms with van der Waals surface area (Å²) in [5, 5.41) is 12.1. The molecule has 0 aliphatic carbocycles. The smallest absolute Gasteiger partial charge is 0.347 e. The summed E-state index contributed by atoms with van der Waals surface area (Å²) >= 11 is 0.986. The minimum Gasteiger partial charge on any atom is -0.477 e. The largest absolute Gasteiger partial charge is 0.477 e. The standard InChI is InChI=1S/C16H16N2O5S/c1-3-23-16(22)10-4-6-11(7-5-10)18-12(19)8-13-17-9(2)14(24-13)15(20)21/h4-7H,3,8H2,1-2H3,(H,18,19)(H,20,21). The Morgan fingerprint density at radius 2 is 1.92 bits per heavy atom. The van der Waals surface area contributed by atoms with Gasteiger partial charge in [-0.3, -0.25) is 4.79 Å². The number of anilines is 1. The van der Waals surface area contributed by atoms with Gasteiger partial charge in [-0.25, -0.2) is 14.6 Å². The number of esters is 1. The van der Waals surface area contributed by atoms with Gasteiger partial charge in [0.2, 0.25) is 5.91 Å². The zero-order chi connectivity index (χ0) is 17.7. The monoisotopic (exact) mass is 348 g/mol. The summed E-state index contributed by atoms with van der Waals surface area (Å²) in [6, 6.07) is 6.31. The maximum atomic E-state index is 12.0. The molecular weight excluding hydrogens is 332 g/mol. The van der Waals surface area contributed by atoms with Crippen LogP contribution in [0.25, 0.3) is 0 Å². The average Bonchev–Trinajstić information content (AvgIpc) is 2.88. The highest BCUT2D eigenvalue weighted by atomic mass is 32.1. The van der Waals surface area contributed by atoms with Crippen LogP contribution in [0.5, 0.6) is 0 Å². The molecule has 0 atom stereocenters. The fraction of sp³-hybridized carbons (Fsp3) is 0.250. The molecule has 0 bridgehead atoms. The number of carboxylic acid groups (broad SMARTS) is 1. The summed E-state index contributed by atoms with van der Waals surface area (Å²) in [7, 11) is 0. The number of rotatable bonds is 6. The second kappa shape index (κ2) is 7.69. The molecule has 0 saturated heterocycles. The van der Waals surface area contributed by atoms with Gasteiger partial charge in [-0.2, -0.15) is 0 Å². The number of hydrogen-bond donors (Lipinski definition) is 2. The number of thiazole rings is 1. The third-order valence-electron chi connectivity index (χ3n) is 3.03. The molecule has 8 heteroatoms. The van der Waals surface area contributed by atoms with E-state index in [0.717, 1.165) is 11.3 Å². The van der Waals surface area contributed by atoms with Crippen molar-refractivity contribution in [1.29, 1.82) is 0 Å². The second-order valence-corrected chi connectivity index (χ2v) is 5.93. The number of benzene rings is 1. The Kier molecular flexibility index (Phi) is 5.64. The second-order valence-electron chi connectivity index (χ2n) is 4.85. The van der Waals surface area contributed by atoms with E-state index in [1.54, 1.807) is 38.1 Å². The third-order valence-corrected chi connectivity index (χ3v) is 4.17. The summed E-state index contributed by atoms with van der Waals surface area (Å²) < 4.78 is 4.88. The van der Waals surface area contributed by atoms with Crippen LogP contribution in [0.3, 0.4) is 0 Å². The molecule has 0 aliphatic heterocycles. The number of aromatic nitrogens is 1. The van der Waals surface area contributed by atoms with Crippen molar-refractivity contribution in [1.82, 2.24) is 4.98 Å². The van der Waals surface area contributed by atoms with Crippen LogP contribution in [0.1, 0.15) is 37.7 Å². The maximum Gasteiger partial charge on any atom is 0.347 e. The lowest BCUT2D eigenvalue weighted by atomic mass is 10.2. The lowest BCUT2D eigenvalue weighted by Gasteiger charge is -2.05. The molecule has 7 nitrogen and oxygen atoms in total. The number of carbonyl (C=O) groups is 3. The minimum atomic E-state index is -1.05. The van der Waals surface area contributed by atoms with E-state index >= 15 is 0 Å². The van der Waals surface area contributed by atoms with E-state index in [1.807, 2.05) is 0 Å². The molecule has 0 radical (unpaired) electrons. The van der Waals surface area contributed by atoms with E-state index in [9.17, 15) is 14.4 Å². The molecule has 2 rings (SSSR count). The molecule has 0 unspecified atom stereocenters. The number of ether oxygens (including phenoxy) is 1. The van der Waals surface area contributed by atoms with Gasteiger partial charge in [-0.1, -0.05) is 0 Å². The first-order valence-corrected chi connectivity index (χ1v) is 7.99. The molecule has 0 spiro atoms. The van der Waals surface area contributed by atoms with Gasteiger partial charge in [0, 0.05) is 5.69 Å². The van der Waals surface area contributed by atoms with Gasteiger partial charge in [-0.15, -0.1) is 11.3 Å². The lowest BCUT2D eigenvalue weighted by molar-refractivity contribution is -0.115. The molecule has 1 amide bonds. The van der Waals surface area contributed by atoms with E-state index in [1.165, 1.54) is 0 Å². The van der Waals surface area contributed by atoms with E-state index in [2.05, 4.69) is 10.3 Å². The lowest BCUT2D eigenvalue weighted by Crippen LogP contribution is -2.14. The van der Waals surface area contributed by atoms with Crippen molar-refractivity contribution in [2.45, 2.75) is 20.3 Å². The number of amides is 1. The van der Waals surface area contributed by atoms with Crippen molar-refractivity contribution in [3.63, 3.8) is 0 Å². The molecule has 1 aromatic heterocycles. The highest BCUT2D eigenvalue weighted by Gasteiger charge is 2.16. The predicted octanol–water partition coefficient (Wildman–Crippen LogP) is 2.51. The van der Waals surface area contributed by atoms with Gasteiger partial charge >= 0.3 is 11.9 Å². The van der Waals surface area contributed by atoms with Crippen LogP contribution in [0, 0.1) is 6.92 Å². The van der Waals surface area contributed by atoms with Crippen LogP contribution < -0.4 is 5.32 Å². The Bertz CT molecular complexity index is 767. The Morgan fingerprint density at radius 3 is 2.46 bits per heavy atom. The van der Waals surface area contributed by atoms with E-state index in [-0.39, 0.29) is 17.2 Å². The number of nitrogens with one attached hydrogen (secondary N) is 1. The molecular formula is C16H16N2O5S. The summed E-state index contributed by atoms with van der Waals surface area (Å²) in [6.07, 6.45) is -0.0155. The van der Waals surface area contributed by atoms with Crippen LogP contribution in [0.4, 0.5) is 5.69 Å². The van der Waals surface area contributed by atoms with Crippen LogP contribution >= 0.6 is 11.3 Å². The molecule has 1 heterocycles. The Balaban J connectivity index is 1.98. The number of nitrogens with zero attached hydrogens (tertiary/aromatic N) is 1. The fourth-order valence-electron chi connectivity index (χ4n) is 1.97. The first kappa shape index (κ1) is 17.6. The Hall–Kier alpha value is -2.74. The number of carbonyl (C=O) groups excluding carboxylic acids is 2. The quantitative estimate of drug-likeness (QED) is 0.777. The predicted molar refractivity (Wildman–Crippen MR) is 88.5 cm³/mol. The van der Waals surface area contributed by atoms with Gasteiger partial charge in [-0.05, 0) is 38.1 Å². The van der Waals surface area contributed by atoms with Gasteiger partial charge < -0.3 is 15.2 Å². The SMILES string of the molecule is CCOC(=O)c1ccc(NC(=O)Cc2nc(C)c(C(=O)O)s2)cc1. The number of aryl methyl sites for hydroxylation is 1.